The second-order valence-corrected chi connectivity index (χ2v) is 4.96. The van der Waals surface area contributed by atoms with Gasteiger partial charge in [-0.25, -0.2) is 14.9 Å². The number of benzene rings is 1. The first-order valence-corrected chi connectivity index (χ1v) is 5.67. The highest BCUT2D eigenvalue weighted by Gasteiger charge is 2.28. The Kier molecular flexibility index (Phi) is 3.32. The Labute approximate surface area is 96.3 Å². The highest BCUT2D eigenvalue weighted by molar-refractivity contribution is 7.89. The molecule has 1 aromatic rings. The van der Waals surface area contributed by atoms with Crippen molar-refractivity contribution in [3.05, 3.63) is 39.9 Å². The predicted molar refractivity (Wildman–Crippen MR) is 55.3 cm³/mol. The number of carbonyl (C=O) groups is 1. The van der Waals surface area contributed by atoms with E-state index in [4.69, 9.17) is 5.11 Å². The molecule has 0 aliphatic carbocycles. The molecular weight excluding hydrogens is 252 g/mol. The largest absolute Gasteiger partial charge is 0.478 e. The molecule has 0 radical (unpaired) electrons. The molecule has 0 spiro atoms. The van der Waals surface area contributed by atoms with Crippen molar-refractivity contribution in [2.45, 2.75) is 4.90 Å². The van der Waals surface area contributed by atoms with Gasteiger partial charge < -0.3 is 5.11 Å². The molecule has 8 nitrogen and oxygen atoms in total. The van der Waals surface area contributed by atoms with Crippen molar-refractivity contribution in [3.8, 4) is 0 Å². The Morgan fingerprint density at radius 1 is 1.47 bits per heavy atom. The quantitative estimate of drug-likeness (QED) is 0.610. The maximum atomic E-state index is 11.6. The standard InChI is InChI=1S/C8H8N2O6S/c1-9(10(13)14)17(15,16)7-4-2-3-6(5-7)8(11)12/h2-5H,1H3,(H,11,12). The van der Waals surface area contributed by atoms with E-state index >= 15 is 0 Å². The van der Waals surface area contributed by atoms with Crippen LogP contribution in [0.1, 0.15) is 10.4 Å². The second-order valence-electron chi connectivity index (χ2n) is 3.01. The van der Waals surface area contributed by atoms with E-state index in [-0.39, 0.29) is 9.98 Å². The number of carboxylic acid groups (broad SMARTS) is 1. The van der Waals surface area contributed by atoms with E-state index in [9.17, 15) is 23.3 Å². The summed E-state index contributed by atoms with van der Waals surface area (Å²) in [6.07, 6.45) is 0. The summed E-state index contributed by atoms with van der Waals surface area (Å²) in [7, 11) is -3.56. The van der Waals surface area contributed by atoms with Gasteiger partial charge >= 0.3 is 16.0 Å². The highest BCUT2D eigenvalue weighted by atomic mass is 32.2. The lowest BCUT2D eigenvalue weighted by Crippen LogP contribution is -2.32. The minimum atomic E-state index is -4.32. The highest BCUT2D eigenvalue weighted by Crippen LogP contribution is 2.15. The Hall–Kier alpha value is -2.16. The third kappa shape index (κ3) is 2.50. The van der Waals surface area contributed by atoms with Crippen LogP contribution in [-0.4, -0.2) is 36.0 Å². The molecule has 0 atom stereocenters. The van der Waals surface area contributed by atoms with Crippen LogP contribution in [0, 0.1) is 10.1 Å². The van der Waals surface area contributed by atoms with Crippen LogP contribution in [0.4, 0.5) is 0 Å². The van der Waals surface area contributed by atoms with Gasteiger partial charge in [0.2, 0.25) is 0 Å². The van der Waals surface area contributed by atoms with E-state index in [2.05, 4.69) is 0 Å². The van der Waals surface area contributed by atoms with Crippen molar-refractivity contribution < 1.29 is 23.4 Å². The van der Waals surface area contributed by atoms with Gasteiger partial charge in [-0.1, -0.05) is 6.07 Å². The third-order valence-electron chi connectivity index (χ3n) is 1.96. The Balaban J connectivity index is 3.30. The Morgan fingerprint density at radius 2 is 2.06 bits per heavy atom. The molecule has 0 saturated heterocycles. The van der Waals surface area contributed by atoms with E-state index in [0.29, 0.717) is 0 Å². The summed E-state index contributed by atoms with van der Waals surface area (Å²) in [5.74, 6) is -1.31. The Bertz CT molecular complexity index is 567. The number of hydrazine groups is 1. The van der Waals surface area contributed by atoms with Gasteiger partial charge in [-0.15, -0.1) is 0 Å². The maximum absolute atomic E-state index is 11.6. The van der Waals surface area contributed by atoms with Crippen LogP contribution in [0.2, 0.25) is 0 Å². The van der Waals surface area contributed by atoms with Crippen LogP contribution in [0.15, 0.2) is 29.2 Å². The van der Waals surface area contributed by atoms with E-state index in [1.165, 1.54) is 12.1 Å². The lowest BCUT2D eigenvalue weighted by Gasteiger charge is -2.09. The molecule has 0 aromatic heterocycles. The third-order valence-corrected chi connectivity index (χ3v) is 3.64. The van der Waals surface area contributed by atoms with Gasteiger partial charge in [-0.05, 0) is 22.6 Å². The summed E-state index contributed by atoms with van der Waals surface area (Å²) in [6, 6.07) is 4.33. The van der Waals surface area contributed by atoms with Crippen LogP contribution >= 0.6 is 0 Å². The van der Waals surface area contributed by atoms with E-state index < -0.39 is 25.9 Å². The summed E-state index contributed by atoms with van der Waals surface area (Å²) >= 11 is 0. The van der Waals surface area contributed by atoms with Crippen molar-refractivity contribution in [2.75, 3.05) is 7.05 Å². The zero-order valence-corrected chi connectivity index (χ0v) is 9.42. The van der Waals surface area contributed by atoms with Crippen molar-refractivity contribution in [3.63, 3.8) is 0 Å². The summed E-state index contributed by atoms with van der Waals surface area (Å²) in [4.78, 5) is 20.6. The van der Waals surface area contributed by atoms with Gasteiger partial charge in [0.15, 0.2) is 5.03 Å². The van der Waals surface area contributed by atoms with Crippen LogP contribution in [-0.2, 0) is 10.0 Å². The lowest BCUT2D eigenvalue weighted by atomic mass is 10.2. The first-order chi connectivity index (χ1) is 7.76. The summed E-state index contributed by atoms with van der Waals surface area (Å²) in [5, 5.41) is 17.9. The average Bonchev–Trinajstić information content (AvgIpc) is 2.28. The van der Waals surface area contributed by atoms with Crippen molar-refractivity contribution >= 4 is 16.0 Å². The van der Waals surface area contributed by atoms with Crippen molar-refractivity contribution in [2.24, 2.45) is 0 Å². The summed E-state index contributed by atoms with van der Waals surface area (Å²) in [6.45, 7) is 0. The minimum absolute atomic E-state index is 0.0754. The molecule has 0 bridgehead atoms. The van der Waals surface area contributed by atoms with E-state index in [1.807, 2.05) is 0 Å². The summed E-state index contributed by atoms with van der Waals surface area (Å²) < 4.78 is 23.2. The lowest BCUT2D eigenvalue weighted by molar-refractivity contribution is -0.613. The molecular formula is C8H8N2O6S. The van der Waals surface area contributed by atoms with E-state index in [1.54, 1.807) is 0 Å². The van der Waals surface area contributed by atoms with Gasteiger partial charge in [-0.3, -0.25) is 0 Å². The fourth-order valence-corrected chi connectivity index (χ4v) is 2.04. The van der Waals surface area contributed by atoms with Gasteiger partial charge in [0.1, 0.15) is 0 Å². The zero-order valence-electron chi connectivity index (χ0n) is 8.60. The van der Waals surface area contributed by atoms with E-state index in [0.717, 1.165) is 19.2 Å². The molecule has 0 saturated carbocycles. The predicted octanol–water partition coefficient (Wildman–Crippen LogP) is 0.197. The number of hydrogen-bond donors (Lipinski definition) is 1. The number of sulfonamides is 1. The fraction of sp³-hybridized carbons (Fsp3) is 0.125. The molecule has 1 rings (SSSR count). The molecule has 0 aliphatic heterocycles. The first-order valence-electron chi connectivity index (χ1n) is 4.23. The fourth-order valence-electron chi connectivity index (χ4n) is 1.03. The van der Waals surface area contributed by atoms with Crippen molar-refractivity contribution in [1.29, 1.82) is 0 Å². The van der Waals surface area contributed by atoms with Crippen LogP contribution in [0.25, 0.3) is 0 Å². The molecule has 1 N–H and O–H groups in total. The van der Waals surface area contributed by atoms with Crippen LogP contribution in [0.3, 0.4) is 0 Å². The first kappa shape index (κ1) is 12.9. The maximum Gasteiger partial charge on any atom is 0.335 e. The molecule has 1 aromatic carbocycles. The SMILES string of the molecule is CN([N+](=O)[O-])S(=O)(=O)c1cccc(C(=O)O)c1. The minimum Gasteiger partial charge on any atom is -0.478 e. The second kappa shape index (κ2) is 4.37. The van der Waals surface area contributed by atoms with Gasteiger partial charge in [0.25, 0.3) is 0 Å². The Morgan fingerprint density at radius 3 is 2.53 bits per heavy atom. The monoisotopic (exact) mass is 260 g/mol. The molecule has 0 unspecified atom stereocenters. The van der Waals surface area contributed by atoms with Gasteiger partial charge in [0.05, 0.1) is 17.5 Å². The number of nitro groups is 1. The normalized spacial score (nSPS) is 10.9. The zero-order chi connectivity index (χ0) is 13.2. The topological polar surface area (TPSA) is 118 Å². The molecule has 0 amide bonds. The number of nitrogens with zero attached hydrogens (tertiary/aromatic N) is 2. The van der Waals surface area contributed by atoms with Crippen LogP contribution in [0.5, 0.6) is 0 Å². The number of aromatic carboxylic acids is 1. The number of carboxylic acids is 1. The van der Waals surface area contributed by atoms with Crippen molar-refractivity contribution in [1.82, 2.24) is 4.41 Å². The van der Waals surface area contributed by atoms with Gasteiger partial charge in [-0.2, -0.15) is 8.42 Å². The molecule has 0 heterocycles. The average molecular weight is 260 g/mol. The molecule has 17 heavy (non-hydrogen) atoms. The number of hydrogen-bond acceptors (Lipinski definition) is 5. The summed E-state index contributed by atoms with van der Waals surface area (Å²) in [5.41, 5.74) is -0.261. The molecule has 92 valence electrons. The van der Waals surface area contributed by atoms with Gasteiger partial charge in [0, 0.05) is 0 Å². The molecule has 0 fully saturated rings. The molecule has 0 aliphatic rings. The smallest absolute Gasteiger partial charge is 0.335 e. The molecule has 9 heteroatoms. The number of rotatable bonds is 4. The van der Waals surface area contributed by atoms with Crippen LogP contribution < -0.4 is 0 Å².